The van der Waals surface area contributed by atoms with Crippen molar-refractivity contribution >= 4 is 11.7 Å². The monoisotopic (exact) mass is 205 g/mol. The van der Waals surface area contributed by atoms with Gasteiger partial charge in [0.05, 0.1) is 11.3 Å². The molecular formula is C11H11NO3. The summed E-state index contributed by atoms with van der Waals surface area (Å²) in [6.45, 7) is 1.89. The van der Waals surface area contributed by atoms with E-state index in [1.807, 2.05) is 13.0 Å². The molecule has 0 aliphatic carbocycles. The number of nitrogens with zero attached hydrogens (tertiary/aromatic N) is 1. The molecule has 1 N–H and O–H groups in total. The zero-order chi connectivity index (χ0) is 10.8. The van der Waals surface area contributed by atoms with Gasteiger partial charge in [-0.2, -0.15) is 0 Å². The summed E-state index contributed by atoms with van der Waals surface area (Å²) in [5.74, 6) is -0.924. The molecule has 0 radical (unpaired) electrons. The van der Waals surface area contributed by atoms with E-state index < -0.39 is 5.97 Å². The lowest BCUT2D eigenvalue weighted by Crippen LogP contribution is -2.01. The maximum Gasteiger partial charge on any atom is 0.335 e. The highest BCUT2D eigenvalue weighted by Crippen LogP contribution is 2.27. The van der Waals surface area contributed by atoms with Gasteiger partial charge in [0.15, 0.2) is 6.10 Å². The first kappa shape index (κ1) is 9.71. The predicted molar refractivity (Wildman–Crippen MR) is 55.0 cm³/mol. The quantitative estimate of drug-likeness (QED) is 0.805. The van der Waals surface area contributed by atoms with Crippen LogP contribution in [-0.4, -0.2) is 16.8 Å². The van der Waals surface area contributed by atoms with Crippen LogP contribution in [0.3, 0.4) is 0 Å². The molecule has 4 heteroatoms. The average molecular weight is 205 g/mol. The van der Waals surface area contributed by atoms with Gasteiger partial charge < -0.3 is 9.94 Å². The Morgan fingerprint density at radius 3 is 3.00 bits per heavy atom. The van der Waals surface area contributed by atoms with E-state index in [0.29, 0.717) is 0 Å². The number of oxime groups is 1. The van der Waals surface area contributed by atoms with Gasteiger partial charge in [-0.05, 0) is 24.6 Å². The van der Waals surface area contributed by atoms with E-state index in [4.69, 9.17) is 9.94 Å². The van der Waals surface area contributed by atoms with E-state index in [9.17, 15) is 4.79 Å². The Morgan fingerprint density at radius 1 is 1.60 bits per heavy atom. The minimum atomic E-state index is -0.924. The highest BCUT2D eigenvalue weighted by molar-refractivity contribution is 5.88. The lowest BCUT2D eigenvalue weighted by atomic mass is 10.0. The van der Waals surface area contributed by atoms with Crippen LogP contribution in [0.2, 0.25) is 0 Å². The van der Waals surface area contributed by atoms with Crippen LogP contribution in [0.4, 0.5) is 0 Å². The molecule has 1 heterocycles. The summed E-state index contributed by atoms with van der Waals surface area (Å²) < 4.78 is 0. The Kier molecular flexibility index (Phi) is 2.41. The van der Waals surface area contributed by atoms with Crippen molar-refractivity contribution in [2.75, 3.05) is 0 Å². The molecular weight excluding hydrogens is 194 g/mol. The number of aromatic carboxylic acids is 1. The smallest absolute Gasteiger partial charge is 0.335 e. The van der Waals surface area contributed by atoms with Crippen molar-refractivity contribution in [1.29, 1.82) is 0 Å². The van der Waals surface area contributed by atoms with E-state index in [-0.39, 0.29) is 11.7 Å². The number of carboxylic acid groups (broad SMARTS) is 1. The Balaban J connectivity index is 2.23. The fourth-order valence-corrected chi connectivity index (χ4v) is 1.55. The van der Waals surface area contributed by atoms with Crippen LogP contribution in [0.5, 0.6) is 0 Å². The molecule has 1 unspecified atom stereocenters. The Bertz CT molecular complexity index is 426. The Morgan fingerprint density at radius 2 is 2.40 bits per heavy atom. The molecule has 0 amide bonds. The summed E-state index contributed by atoms with van der Waals surface area (Å²) in [6.07, 6.45) is 0.590. The van der Waals surface area contributed by atoms with Crippen molar-refractivity contribution in [2.45, 2.75) is 19.4 Å². The zero-order valence-corrected chi connectivity index (χ0v) is 8.30. The molecule has 1 aromatic carbocycles. The fourth-order valence-electron chi connectivity index (χ4n) is 1.55. The molecule has 1 aliphatic rings. The molecule has 1 aromatic rings. The summed E-state index contributed by atoms with van der Waals surface area (Å²) in [5, 5.41) is 12.7. The first-order valence-electron chi connectivity index (χ1n) is 4.69. The van der Waals surface area contributed by atoms with Crippen molar-refractivity contribution in [3.8, 4) is 0 Å². The van der Waals surface area contributed by atoms with Gasteiger partial charge in [0.25, 0.3) is 0 Å². The van der Waals surface area contributed by atoms with Gasteiger partial charge in [-0.15, -0.1) is 0 Å². The third-order valence-corrected chi connectivity index (χ3v) is 2.32. The van der Waals surface area contributed by atoms with Crippen LogP contribution in [-0.2, 0) is 4.84 Å². The first-order chi connectivity index (χ1) is 7.16. The molecule has 0 spiro atoms. The fraction of sp³-hybridized carbons (Fsp3) is 0.273. The maximum atomic E-state index is 10.8. The van der Waals surface area contributed by atoms with Gasteiger partial charge in [-0.1, -0.05) is 17.3 Å². The molecule has 1 aliphatic heterocycles. The maximum absolute atomic E-state index is 10.8. The SMILES string of the molecule is CC1=NOC(c2cccc(C(=O)O)c2)C1. The van der Waals surface area contributed by atoms with E-state index >= 15 is 0 Å². The second-order valence-electron chi connectivity index (χ2n) is 3.56. The van der Waals surface area contributed by atoms with Crippen LogP contribution in [0.15, 0.2) is 29.4 Å². The summed E-state index contributed by atoms with van der Waals surface area (Å²) >= 11 is 0. The second-order valence-corrected chi connectivity index (χ2v) is 3.56. The normalized spacial score (nSPS) is 19.5. The molecule has 15 heavy (non-hydrogen) atoms. The molecule has 0 saturated carbocycles. The molecule has 0 saturated heterocycles. The number of hydrogen-bond acceptors (Lipinski definition) is 3. The number of carbonyl (C=O) groups is 1. The highest BCUT2D eigenvalue weighted by atomic mass is 16.6. The van der Waals surface area contributed by atoms with Gasteiger partial charge in [-0.3, -0.25) is 0 Å². The van der Waals surface area contributed by atoms with Crippen molar-refractivity contribution < 1.29 is 14.7 Å². The topological polar surface area (TPSA) is 58.9 Å². The zero-order valence-electron chi connectivity index (χ0n) is 8.30. The molecule has 0 bridgehead atoms. The van der Waals surface area contributed by atoms with E-state index in [1.165, 1.54) is 0 Å². The van der Waals surface area contributed by atoms with Crippen molar-refractivity contribution in [3.63, 3.8) is 0 Å². The van der Waals surface area contributed by atoms with E-state index in [2.05, 4.69) is 5.16 Å². The number of carboxylic acids is 1. The Labute approximate surface area is 87.2 Å². The van der Waals surface area contributed by atoms with E-state index in [0.717, 1.165) is 17.7 Å². The minimum Gasteiger partial charge on any atom is -0.478 e. The van der Waals surface area contributed by atoms with Crippen LogP contribution in [0.1, 0.15) is 35.4 Å². The van der Waals surface area contributed by atoms with E-state index in [1.54, 1.807) is 18.2 Å². The molecule has 0 fully saturated rings. The standard InChI is InChI=1S/C11H11NO3/c1-7-5-10(15-12-7)8-3-2-4-9(6-8)11(13)14/h2-4,6,10H,5H2,1H3,(H,13,14). The molecule has 78 valence electrons. The highest BCUT2D eigenvalue weighted by Gasteiger charge is 2.20. The molecule has 4 nitrogen and oxygen atoms in total. The molecule has 2 rings (SSSR count). The van der Waals surface area contributed by atoms with Crippen LogP contribution < -0.4 is 0 Å². The lowest BCUT2D eigenvalue weighted by molar-refractivity contribution is 0.0694. The van der Waals surface area contributed by atoms with Crippen LogP contribution >= 0.6 is 0 Å². The summed E-state index contributed by atoms with van der Waals surface area (Å²) in [7, 11) is 0. The first-order valence-corrected chi connectivity index (χ1v) is 4.69. The second kappa shape index (κ2) is 3.73. The number of hydrogen-bond donors (Lipinski definition) is 1. The van der Waals surface area contributed by atoms with Gasteiger partial charge in [0.1, 0.15) is 0 Å². The van der Waals surface area contributed by atoms with Crippen molar-refractivity contribution in [3.05, 3.63) is 35.4 Å². The van der Waals surface area contributed by atoms with Crippen LogP contribution in [0.25, 0.3) is 0 Å². The van der Waals surface area contributed by atoms with Gasteiger partial charge >= 0.3 is 5.97 Å². The summed E-state index contributed by atoms with van der Waals surface area (Å²) in [4.78, 5) is 15.9. The summed E-state index contributed by atoms with van der Waals surface area (Å²) in [5.41, 5.74) is 2.07. The molecule has 1 atom stereocenters. The predicted octanol–water partition coefficient (Wildman–Crippen LogP) is 2.22. The summed E-state index contributed by atoms with van der Waals surface area (Å²) in [6, 6.07) is 6.76. The van der Waals surface area contributed by atoms with Crippen LogP contribution in [0, 0.1) is 0 Å². The van der Waals surface area contributed by atoms with Crippen molar-refractivity contribution in [2.24, 2.45) is 5.16 Å². The van der Waals surface area contributed by atoms with Gasteiger partial charge in [0.2, 0.25) is 0 Å². The Hall–Kier alpha value is -1.84. The third kappa shape index (κ3) is 1.98. The molecule has 0 aromatic heterocycles. The van der Waals surface area contributed by atoms with Gasteiger partial charge in [-0.25, -0.2) is 4.79 Å². The third-order valence-electron chi connectivity index (χ3n) is 2.32. The van der Waals surface area contributed by atoms with Crippen molar-refractivity contribution in [1.82, 2.24) is 0 Å². The minimum absolute atomic E-state index is 0.135. The average Bonchev–Trinajstić information content (AvgIpc) is 2.65. The number of benzene rings is 1. The largest absolute Gasteiger partial charge is 0.478 e. The lowest BCUT2D eigenvalue weighted by Gasteiger charge is -2.08. The number of rotatable bonds is 2. The van der Waals surface area contributed by atoms with Gasteiger partial charge in [0, 0.05) is 6.42 Å².